The molecular formula is C29H40ClNO3. The maximum absolute atomic E-state index is 12.1. The highest BCUT2D eigenvalue weighted by Gasteiger charge is 2.21. The average molecular weight is 486 g/mol. The van der Waals surface area contributed by atoms with Crippen LogP contribution in [0, 0.1) is 0 Å². The summed E-state index contributed by atoms with van der Waals surface area (Å²) in [6.07, 6.45) is 7.89. The molecular weight excluding hydrogens is 446 g/mol. The molecule has 5 heteroatoms. The highest BCUT2D eigenvalue weighted by molar-refractivity contribution is 6.30. The van der Waals surface area contributed by atoms with Crippen LogP contribution in [0.25, 0.3) is 6.08 Å². The first-order valence-electron chi connectivity index (χ1n) is 12.3. The van der Waals surface area contributed by atoms with Crippen LogP contribution in [-0.4, -0.2) is 23.7 Å². The van der Waals surface area contributed by atoms with E-state index in [0.717, 1.165) is 54.7 Å². The minimum absolute atomic E-state index is 0.0938. The van der Waals surface area contributed by atoms with Crippen molar-refractivity contribution in [3.8, 4) is 11.5 Å². The van der Waals surface area contributed by atoms with Crippen molar-refractivity contribution in [3.63, 3.8) is 0 Å². The second-order valence-corrected chi connectivity index (χ2v) is 10.3. The first kappa shape index (κ1) is 27.8. The average Bonchev–Trinajstić information content (AvgIpc) is 2.79. The van der Waals surface area contributed by atoms with Crippen LogP contribution in [0.2, 0.25) is 5.02 Å². The van der Waals surface area contributed by atoms with Gasteiger partial charge in [-0.1, -0.05) is 43.6 Å². The van der Waals surface area contributed by atoms with Gasteiger partial charge in [0.25, 0.3) is 0 Å². The molecule has 0 spiro atoms. The number of carbonyl (C=O) groups is 1. The van der Waals surface area contributed by atoms with Gasteiger partial charge in [0.15, 0.2) is 0 Å². The molecule has 4 nitrogen and oxygen atoms in total. The first-order chi connectivity index (χ1) is 16.0. The Morgan fingerprint density at radius 2 is 1.59 bits per heavy atom. The van der Waals surface area contributed by atoms with Gasteiger partial charge in [-0.2, -0.15) is 0 Å². The summed E-state index contributed by atoms with van der Waals surface area (Å²) in [6, 6.07) is 13.5. The number of nitrogens with one attached hydrogen (secondary N) is 1. The predicted molar refractivity (Wildman–Crippen MR) is 143 cm³/mol. The molecule has 0 saturated heterocycles. The number of halogens is 1. The van der Waals surface area contributed by atoms with Crippen molar-refractivity contribution in [2.24, 2.45) is 0 Å². The lowest BCUT2D eigenvalue weighted by Crippen LogP contribution is -2.28. The summed E-state index contributed by atoms with van der Waals surface area (Å²) in [5, 5.41) is 3.63. The summed E-state index contributed by atoms with van der Waals surface area (Å²) < 4.78 is 12.6. The van der Waals surface area contributed by atoms with Gasteiger partial charge >= 0.3 is 0 Å². The van der Waals surface area contributed by atoms with E-state index < -0.39 is 0 Å². The van der Waals surface area contributed by atoms with Gasteiger partial charge in [0.05, 0.1) is 0 Å². The van der Waals surface area contributed by atoms with Gasteiger partial charge in [-0.25, -0.2) is 0 Å². The molecule has 0 aliphatic heterocycles. The molecule has 0 atom stereocenters. The van der Waals surface area contributed by atoms with E-state index in [1.54, 1.807) is 12.2 Å². The van der Waals surface area contributed by atoms with Gasteiger partial charge in [-0.05, 0) is 95.2 Å². The molecule has 0 aliphatic rings. The Labute approximate surface area is 210 Å². The number of amides is 1. The Morgan fingerprint density at radius 3 is 2.24 bits per heavy atom. The lowest BCUT2D eigenvalue weighted by Gasteiger charge is -2.29. The topological polar surface area (TPSA) is 47.6 Å². The van der Waals surface area contributed by atoms with Gasteiger partial charge in [-0.3, -0.25) is 4.79 Å². The van der Waals surface area contributed by atoms with Gasteiger partial charge < -0.3 is 14.8 Å². The SMILES string of the molecule is CCC(C)(C)Oc1ccc(CCCCNC(=O)C=Cc2ccc(Cl)cc2)c(OC(C)(C)CC)c1. The zero-order valence-electron chi connectivity index (χ0n) is 21.5. The number of ether oxygens (including phenoxy) is 2. The van der Waals surface area contributed by atoms with Crippen LogP contribution in [0.4, 0.5) is 0 Å². The van der Waals surface area contributed by atoms with E-state index in [1.807, 2.05) is 36.4 Å². The normalized spacial score (nSPS) is 12.1. The van der Waals surface area contributed by atoms with Gasteiger partial charge in [0, 0.05) is 23.7 Å². The highest BCUT2D eigenvalue weighted by Crippen LogP contribution is 2.32. The zero-order chi connectivity index (χ0) is 25.2. The zero-order valence-corrected chi connectivity index (χ0v) is 22.3. The summed E-state index contributed by atoms with van der Waals surface area (Å²) in [7, 11) is 0. The van der Waals surface area contributed by atoms with Gasteiger partial charge in [0.2, 0.25) is 5.91 Å². The third-order valence-corrected chi connectivity index (χ3v) is 6.24. The Morgan fingerprint density at radius 1 is 0.941 bits per heavy atom. The molecule has 0 aliphatic carbocycles. The lowest BCUT2D eigenvalue weighted by molar-refractivity contribution is -0.116. The van der Waals surface area contributed by atoms with Crippen LogP contribution in [-0.2, 0) is 11.2 Å². The number of hydrogen-bond acceptors (Lipinski definition) is 3. The van der Waals surface area contributed by atoms with E-state index in [-0.39, 0.29) is 17.1 Å². The van der Waals surface area contributed by atoms with Crippen molar-refractivity contribution < 1.29 is 14.3 Å². The number of benzene rings is 2. The summed E-state index contributed by atoms with van der Waals surface area (Å²) in [5.74, 6) is 1.62. The molecule has 0 bridgehead atoms. The Bertz CT molecular complexity index is 948. The maximum Gasteiger partial charge on any atom is 0.243 e. The molecule has 2 aromatic rings. The summed E-state index contributed by atoms with van der Waals surface area (Å²) in [6.45, 7) is 13.3. The van der Waals surface area contributed by atoms with Crippen molar-refractivity contribution in [3.05, 3.63) is 64.7 Å². The van der Waals surface area contributed by atoms with Gasteiger partial charge in [-0.15, -0.1) is 0 Å². The monoisotopic (exact) mass is 485 g/mol. The molecule has 186 valence electrons. The van der Waals surface area contributed by atoms with E-state index in [1.165, 1.54) is 0 Å². The molecule has 1 N–H and O–H groups in total. The predicted octanol–water partition coefficient (Wildman–Crippen LogP) is 7.63. The molecule has 2 aromatic carbocycles. The fourth-order valence-corrected chi connectivity index (χ4v) is 3.24. The van der Waals surface area contributed by atoms with E-state index in [9.17, 15) is 4.79 Å². The smallest absolute Gasteiger partial charge is 0.243 e. The van der Waals surface area contributed by atoms with E-state index in [0.29, 0.717) is 11.6 Å². The van der Waals surface area contributed by atoms with Gasteiger partial charge in [0.1, 0.15) is 22.7 Å². The number of aryl methyl sites for hydroxylation is 1. The minimum Gasteiger partial charge on any atom is -0.488 e. The largest absolute Gasteiger partial charge is 0.488 e. The lowest BCUT2D eigenvalue weighted by atomic mass is 10.0. The van der Waals surface area contributed by atoms with E-state index >= 15 is 0 Å². The molecule has 0 saturated carbocycles. The number of hydrogen-bond donors (Lipinski definition) is 1. The van der Waals surface area contributed by atoms with Crippen LogP contribution < -0.4 is 14.8 Å². The second kappa shape index (κ2) is 12.9. The first-order valence-corrected chi connectivity index (χ1v) is 12.6. The summed E-state index contributed by atoms with van der Waals surface area (Å²) in [4.78, 5) is 12.1. The fourth-order valence-electron chi connectivity index (χ4n) is 3.12. The van der Waals surface area contributed by atoms with Crippen molar-refractivity contribution in [1.82, 2.24) is 5.32 Å². The van der Waals surface area contributed by atoms with E-state index in [4.69, 9.17) is 21.1 Å². The van der Waals surface area contributed by atoms with Crippen LogP contribution in [0.3, 0.4) is 0 Å². The molecule has 0 aromatic heterocycles. The van der Waals surface area contributed by atoms with Crippen LogP contribution in [0.15, 0.2) is 48.5 Å². The third-order valence-electron chi connectivity index (χ3n) is 5.99. The fraction of sp³-hybridized carbons (Fsp3) is 0.483. The van der Waals surface area contributed by atoms with Crippen molar-refractivity contribution in [2.75, 3.05) is 6.54 Å². The molecule has 0 heterocycles. The number of unbranched alkanes of at least 4 members (excludes halogenated alkanes) is 1. The molecule has 0 unspecified atom stereocenters. The van der Waals surface area contributed by atoms with Crippen LogP contribution in [0.5, 0.6) is 11.5 Å². The summed E-state index contributed by atoms with van der Waals surface area (Å²) >= 11 is 5.89. The molecule has 0 fully saturated rings. The third kappa shape index (κ3) is 9.80. The minimum atomic E-state index is -0.252. The quantitative estimate of drug-likeness (QED) is 0.234. The van der Waals surface area contributed by atoms with Crippen LogP contribution >= 0.6 is 11.6 Å². The molecule has 1 amide bonds. The number of rotatable bonds is 13. The van der Waals surface area contributed by atoms with Crippen LogP contribution in [0.1, 0.15) is 78.4 Å². The van der Waals surface area contributed by atoms with Crippen molar-refractivity contribution in [2.45, 2.75) is 84.8 Å². The van der Waals surface area contributed by atoms with Crippen molar-refractivity contribution in [1.29, 1.82) is 0 Å². The maximum atomic E-state index is 12.1. The Balaban J connectivity index is 1.90. The summed E-state index contributed by atoms with van der Waals surface area (Å²) in [5.41, 5.74) is 1.63. The van der Waals surface area contributed by atoms with Crippen molar-refractivity contribution >= 4 is 23.6 Å². The Hall–Kier alpha value is -2.46. The Kier molecular flexibility index (Phi) is 10.5. The number of carbonyl (C=O) groups excluding carboxylic acids is 1. The van der Waals surface area contributed by atoms with E-state index in [2.05, 4.69) is 52.9 Å². The highest BCUT2D eigenvalue weighted by atomic mass is 35.5. The second-order valence-electron chi connectivity index (χ2n) is 9.83. The standard InChI is InChI=1S/C29H40ClNO3/c1-7-28(3,4)33-25-18-15-23(26(21-25)34-29(5,6)8-2)11-9-10-20-31-27(32)19-14-22-12-16-24(30)17-13-22/h12-19,21H,7-11,20H2,1-6H3,(H,31,32). The molecule has 34 heavy (non-hydrogen) atoms. The molecule has 2 rings (SSSR count). The molecule has 0 radical (unpaired) electrons.